The number of aromatic nitrogens is 1. The third-order valence-corrected chi connectivity index (χ3v) is 4.75. The van der Waals surface area contributed by atoms with Gasteiger partial charge in [-0.15, -0.1) is 0 Å². The van der Waals surface area contributed by atoms with Gasteiger partial charge in [0.1, 0.15) is 0 Å². The van der Waals surface area contributed by atoms with Gasteiger partial charge < -0.3 is 10.3 Å². The van der Waals surface area contributed by atoms with Gasteiger partial charge in [0, 0.05) is 28.4 Å². The summed E-state index contributed by atoms with van der Waals surface area (Å²) in [7, 11) is 0. The molecule has 0 spiro atoms. The molecule has 1 heterocycles. The Balaban J connectivity index is 1.76. The van der Waals surface area contributed by atoms with Crippen LogP contribution < -0.4 is 5.32 Å². The fourth-order valence-electron chi connectivity index (χ4n) is 3.41. The molecule has 1 atom stereocenters. The van der Waals surface area contributed by atoms with Crippen LogP contribution in [0.15, 0.2) is 91.6 Å². The number of fused-ring (bicyclic) bond motifs is 1. The van der Waals surface area contributed by atoms with Gasteiger partial charge in [0.25, 0.3) is 0 Å². The van der Waals surface area contributed by atoms with Crippen molar-refractivity contribution in [2.75, 3.05) is 5.32 Å². The smallest absolute Gasteiger partial charge is 0.0768 e. The van der Waals surface area contributed by atoms with E-state index < -0.39 is 0 Å². The second kappa shape index (κ2) is 6.93. The van der Waals surface area contributed by atoms with Crippen molar-refractivity contribution >= 4 is 22.2 Å². The number of hydrogen-bond acceptors (Lipinski definition) is 1. The summed E-state index contributed by atoms with van der Waals surface area (Å²) in [4.78, 5) is 3.36. The summed E-state index contributed by atoms with van der Waals surface area (Å²) < 4.78 is 0. The first-order chi connectivity index (χ1) is 12.7. The SMILES string of the molecule is C=C(c1c[nH]c2ccccc12)C(Nc1cccc(C)c1)c1ccccc1. The zero-order chi connectivity index (χ0) is 17.9. The molecule has 3 aromatic carbocycles. The van der Waals surface area contributed by atoms with Crippen molar-refractivity contribution in [1.29, 1.82) is 0 Å². The van der Waals surface area contributed by atoms with Crippen LogP contribution in [0, 0.1) is 6.92 Å². The van der Waals surface area contributed by atoms with Crippen LogP contribution in [0.1, 0.15) is 22.7 Å². The molecule has 0 saturated heterocycles. The normalized spacial score (nSPS) is 12.0. The molecule has 2 heteroatoms. The van der Waals surface area contributed by atoms with Crippen LogP contribution in [0.25, 0.3) is 16.5 Å². The number of aryl methyl sites for hydroxylation is 1. The number of hydrogen-bond donors (Lipinski definition) is 2. The molecule has 0 aliphatic carbocycles. The first kappa shape index (κ1) is 16.2. The van der Waals surface area contributed by atoms with Crippen molar-refractivity contribution < 1.29 is 0 Å². The first-order valence-corrected chi connectivity index (χ1v) is 8.86. The molecule has 0 saturated carbocycles. The van der Waals surface area contributed by atoms with Crippen molar-refractivity contribution in [3.63, 3.8) is 0 Å². The maximum absolute atomic E-state index is 4.46. The quantitative estimate of drug-likeness (QED) is 0.436. The molecule has 2 N–H and O–H groups in total. The van der Waals surface area contributed by atoms with E-state index in [0.29, 0.717) is 0 Å². The third-order valence-electron chi connectivity index (χ3n) is 4.75. The second-order valence-corrected chi connectivity index (χ2v) is 6.63. The Morgan fingerprint density at radius 3 is 2.50 bits per heavy atom. The average molecular weight is 338 g/mol. The van der Waals surface area contributed by atoms with Gasteiger partial charge in [-0.3, -0.25) is 0 Å². The van der Waals surface area contributed by atoms with Gasteiger partial charge in [0.15, 0.2) is 0 Å². The predicted molar refractivity (Wildman–Crippen MR) is 111 cm³/mol. The summed E-state index contributed by atoms with van der Waals surface area (Å²) in [5.41, 5.74) is 6.86. The van der Waals surface area contributed by atoms with Crippen molar-refractivity contribution in [3.8, 4) is 0 Å². The van der Waals surface area contributed by atoms with E-state index in [1.54, 1.807) is 0 Å². The lowest BCUT2D eigenvalue weighted by Crippen LogP contribution is -2.12. The van der Waals surface area contributed by atoms with Crippen LogP contribution >= 0.6 is 0 Å². The third kappa shape index (κ3) is 3.14. The molecule has 0 fully saturated rings. The zero-order valence-electron chi connectivity index (χ0n) is 14.9. The van der Waals surface area contributed by atoms with Crippen molar-refractivity contribution in [2.45, 2.75) is 13.0 Å². The van der Waals surface area contributed by atoms with Gasteiger partial charge in [-0.05, 0) is 41.8 Å². The first-order valence-electron chi connectivity index (χ1n) is 8.86. The lowest BCUT2D eigenvalue weighted by atomic mass is 9.93. The highest BCUT2D eigenvalue weighted by molar-refractivity contribution is 5.93. The summed E-state index contributed by atoms with van der Waals surface area (Å²) in [6, 6.07) is 27.3. The van der Waals surface area contributed by atoms with Gasteiger partial charge in [0.2, 0.25) is 0 Å². The van der Waals surface area contributed by atoms with Crippen LogP contribution in [-0.4, -0.2) is 4.98 Å². The minimum absolute atomic E-state index is 0.00259. The zero-order valence-corrected chi connectivity index (χ0v) is 14.9. The van der Waals surface area contributed by atoms with E-state index in [1.165, 1.54) is 16.5 Å². The number of H-pyrrole nitrogens is 1. The molecule has 26 heavy (non-hydrogen) atoms. The van der Waals surface area contributed by atoms with E-state index in [2.05, 4.69) is 96.7 Å². The fraction of sp³-hybridized carbons (Fsp3) is 0.0833. The monoisotopic (exact) mass is 338 g/mol. The molecule has 4 rings (SSSR count). The van der Waals surface area contributed by atoms with E-state index >= 15 is 0 Å². The number of nitrogens with one attached hydrogen (secondary N) is 2. The Labute approximate surface area is 154 Å². The molecule has 1 unspecified atom stereocenters. The fourth-order valence-corrected chi connectivity index (χ4v) is 3.41. The van der Waals surface area contributed by atoms with Crippen LogP contribution in [0.4, 0.5) is 5.69 Å². The molecule has 0 amide bonds. The van der Waals surface area contributed by atoms with Crippen LogP contribution in [0.2, 0.25) is 0 Å². The number of rotatable bonds is 5. The minimum Gasteiger partial charge on any atom is -0.374 e. The highest BCUT2D eigenvalue weighted by atomic mass is 14.9. The topological polar surface area (TPSA) is 27.8 Å². The second-order valence-electron chi connectivity index (χ2n) is 6.63. The van der Waals surface area contributed by atoms with Gasteiger partial charge in [-0.1, -0.05) is 67.2 Å². The number of benzene rings is 3. The van der Waals surface area contributed by atoms with Crippen LogP contribution in [-0.2, 0) is 0 Å². The largest absolute Gasteiger partial charge is 0.374 e. The average Bonchev–Trinajstić information content (AvgIpc) is 3.10. The Morgan fingerprint density at radius 2 is 1.69 bits per heavy atom. The number of aromatic amines is 1. The highest BCUT2D eigenvalue weighted by Crippen LogP contribution is 2.35. The van der Waals surface area contributed by atoms with Gasteiger partial charge in [-0.2, -0.15) is 0 Å². The van der Waals surface area contributed by atoms with Crippen LogP contribution in [0.5, 0.6) is 0 Å². The summed E-state index contributed by atoms with van der Waals surface area (Å²) in [6.07, 6.45) is 2.06. The molecule has 2 nitrogen and oxygen atoms in total. The molecule has 0 bridgehead atoms. The molecule has 0 radical (unpaired) electrons. The summed E-state index contributed by atoms with van der Waals surface area (Å²) in [5, 5.41) is 4.87. The molecule has 0 aliphatic heterocycles. The van der Waals surface area contributed by atoms with Crippen molar-refractivity contribution in [3.05, 3.63) is 108 Å². The van der Waals surface area contributed by atoms with Gasteiger partial charge in [0.05, 0.1) is 6.04 Å². The summed E-state index contributed by atoms with van der Waals surface area (Å²) >= 11 is 0. The molecule has 4 aromatic rings. The Morgan fingerprint density at radius 1 is 0.923 bits per heavy atom. The maximum Gasteiger partial charge on any atom is 0.0768 e. The van der Waals surface area contributed by atoms with Gasteiger partial charge >= 0.3 is 0 Å². The maximum atomic E-state index is 4.46. The summed E-state index contributed by atoms with van der Waals surface area (Å²) in [5.74, 6) is 0. The van der Waals surface area contributed by atoms with E-state index in [1.807, 2.05) is 12.1 Å². The number of para-hydroxylation sites is 1. The van der Waals surface area contributed by atoms with E-state index in [9.17, 15) is 0 Å². The highest BCUT2D eigenvalue weighted by Gasteiger charge is 2.19. The van der Waals surface area contributed by atoms with Crippen molar-refractivity contribution in [1.82, 2.24) is 4.98 Å². The molecule has 1 aromatic heterocycles. The molecular formula is C24H22N2. The summed E-state index contributed by atoms with van der Waals surface area (Å²) in [6.45, 7) is 6.57. The van der Waals surface area contributed by atoms with E-state index in [-0.39, 0.29) is 6.04 Å². The van der Waals surface area contributed by atoms with E-state index in [0.717, 1.165) is 22.3 Å². The molecule has 0 aliphatic rings. The lowest BCUT2D eigenvalue weighted by Gasteiger charge is -2.23. The lowest BCUT2D eigenvalue weighted by molar-refractivity contribution is 1.01. The van der Waals surface area contributed by atoms with E-state index in [4.69, 9.17) is 0 Å². The Hall–Kier alpha value is -3.26. The standard InChI is InChI=1S/C24H22N2/c1-17-9-8-12-20(15-17)26-24(19-10-4-3-5-11-19)18(2)22-16-25-23-14-7-6-13-21(22)23/h3-16,24-26H,2H2,1H3. The van der Waals surface area contributed by atoms with Gasteiger partial charge in [-0.25, -0.2) is 0 Å². The van der Waals surface area contributed by atoms with Crippen LogP contribution in [0.3, 0.4) is 0 Å². The Bertz CT molecular complexity index is 1040. The molecular weight excluding hydrogens is 316 g/mol. The minimum atomic E-state index is -0.00259. The number of anilines is 1. The predicted octanol–water partition coefficient (Wildman–Crippen LogP) is 6.34. The molecule has 128 valence electrons. The Kier molecular flexibility index (Phi) is 4.32. The van der Waals surface area contributed by atoms with Crippen molar-refractivity contribution in [2.24, 2.45) is 0 Å².